The molecule has 0 amide bonds. The maximum atomic E-state index is 9.41. The maximum Gasteiger partial charge on any atom is 0.134 e. The largest absolute Gasteiger partial charge is 0.506 e. The summed E-state index contributed by atoms with van der Waals surface area (Å²) in [7, 11) is 0. The normalized spacial score (nSPS) is 24.1. The second kappa shape index (κ2) is 5.08. The summed E-state index contributed by atoms with van der Waals surface area (Å²) in [6, 6.07) is 5.38. The number of aromatic hydroxyl groups is 1. The van der Waals surface area contributed by atoms with Crippen molar-refractivity contribution in [3.8, 4) is 5.75 Å². The molecule has 4 heteroatoms. The van der Waals surface area contributed by atoms with Gasteiger partial charge in [0.25, 0.3) is 0 Å². The van der Waals surface area contributed by atoms with Gasteiger partial charge in [0, 0.05) is 19.6 Å². The molecule has 1 heterocycles. The van der Waals surface area contributed by atoms with Crippen LogP contribution in [-0.4, -0.2) is 34.8 Å². The second-order valence-corrected chi connectivity index (χ2v) is 6.05. The number of phenols is 1. The van der Waals surface area contributed by atoms with Crippen LogP contribution in [0, 0.1) is 0 Å². The molecule has 100 valence electrons. The van der Waals surface area contributed by atoms with Crippen LogP contribution >= 0.6 is 11.6 Å². The first-order chi connectivity index (χ1) is 8.35. The third-order valence-electron chi connectivity index (χ3n) is 3.06. The van der Waals surface area contributed by atoms with Gasteiger partial charge in [-0.15, -0.1) is 0 Å². The maximum absolute atomic E-state index is 9.41. The van der Waals surface area contributed by atoms with Crippen LogP contribution in [0.3, 0.4) is 0 Å². The summed E-state index contributed by atoms with van der Waals surface area (Å²) < 4.78 is 5.88. The number of benzene rings is 1. The molecule has 3 nitrogen and oxygen atoms in total. The van der Waals surface area contributed by atoms with E-state index in [1.54, 1.807) is 6.07 Å². The van der Waals surface area contributed by atoms with Crippen LogP contribution in [0.25, 0.3) is 0 Å². The second-order valence-electron chi connectivity index (χ2n) is 5.64. The molecule has 1 saturated heterocycles. The molecule has 1 aliphatic heterocycles. The fourth-order valence-corrected chi connectivity index (χ4v) is 2.82. The molecular weight excluding hydrogens is 250 g/mol. The average Bonchev–Trinajstić information content (AvgIpc) is 2.20. The van der Waals surface area contributed by atoms with Gasteiger partial charge in [0.05, 0.1) is 16.7 Å². The lowest BCUT2D eigenvalue weighted by molar-refractivity contribution is -0.130. The molecule has 1 unspecified atom stereocenters. The predicted octanol–water partition coefficient (Wildman–Crippen LogP) is 3.04. The van der Waals surface area contributed by atoms with E-state index in [0.29, 0.717) is 5.02 Å². The third-order valence-corrected chi connectivity index (χ3v) is 3.36. The van der Waals surface area contributed by atoms with E-state index in [4.69, 9.17) is 16.3 Å². The highest BCUT2D eigenvalue weighted by Gasteiger charge is 2.31. The molecule has 0 spiro atoms. The topological polar surface area (TPSA) is 32.7 Å². The number of nitrogens with zero attached hydrogens (tertiary/aromatic N) is 1. The van der Waals surface area contributed by atoms with E-state index in [9.17, 15) is 5.11 Å². The van der Waals surface area contributed by atoms with Gasteiger partial charge >= 0.3 is 0 Å². The van der Waals surface area contributed by atoms with Crippen molar-refractivity contribution in [3.05, 3.63) is 28.8 Å². The lowest BCUT2D eigenvalue weighted by Crippen LogP contribution is -2.51. The van der Waals surface area contributed by atoms with Gasteiger partial charge in [0.1, 0.15) is 5.75 Å². The third kappa shape index (κ3) is 3.37. The van der Waals surface area contributed by atoms with Crippen molar-refractivity contribution in [3.63, 3.8) is 0 Å². The Balaban J connectivity index is 2.06. The van der Waals surface area contributed by atoms with E-state index < -0.39 is 0 Å². The molecular formula is C14H20ClNO2. The van der Waals surface area contributed by atoms with Gasteiger partial charge in [0.15, 0.2) is 0 Å². The van der Waals surface area contributed by atoms with Crippen LogP contribution in [0.4, 0.5) is 0 Å². The quantitative estimate of drug-likeness (QED) is 0.896. The first-order valence-corrected chi connectivity index (χ1v) is 6.61. The molecule has 1 N–H and O–H groups in total. The van der Waals surface area contributed by atoms with Crippen LogP contribution < -0.4 is 0 Å². The SMILES string of the molecule is CC1CN(Cc2ccc(O)c(Cl)c2)CC(C)(C)O1. The Bertz CT molecular complexity index is 434. The Hall–Kier alpha value is -0.770. The highest BCUT2D eigenvalue weighted by atomic mass is 35.5. The number of hydrogen-bond acceptors (Lipinski definition) is 3. The highest BCUT2D eigenvalue weighted by Crippen LogP contribution is 2.26. The fraction of sp³-hybridized carbons (Fsp3) is 0.571. The van der Waals surface area contributed by atoms with Gasteiger partial charge in [0.2, 0.25) is 0 Å². The molecule has 0 saturated carbocycles. The minimum Gasteiger partial charge on any atom is -0.506 e. The molecule has 0 aromatic heterocycles. The molecule has 1 fully saturated rings. The van der Waals surface area contributed by atoms with Gasteiger partial charge in [-0.2, -0.15) is 0 Å². The molecule has 0 radical (unpaired) electrons. The van der Waals surface area contributed by atoms with Crippen molar-refractivity contribution in [2.45, 2.75) is 39.0 Å². The smallest absolute Gasteiger partial charge is 0.134 e. The molecule has 1 aromatic carbocycles. The van der Waals surface area contributed by atoms with Gasteiger partial charge < -0.3 is 9.84 Å². The summed E-state index contributed by atoms with van der Waals surface area (Å²) in [6.07, 6.45) is 0.237. The number of hydrogen-bond donors (Lipinski definition) is 1. The Labute approximate surface area is 113 Å². The zero-order valence-electron chi connectivity index (χ0n) is 11.1. The first kappa shape index (κ1) is 13.7. The van der Waals surface area contributed by atoms with E-state index in [1.165, 1.54) is 0 Å². The minimum atomic E-state index is -0.113. The standard InChI is InChI=1S/C14H20ClNO2/c1-10-7-16(9-14(2,3)18-10)8-11-4-5-13(17)12(15)6-11/h4-6,10,17H,7-9H2,1-3H3. The summed E-state index contributed by atoms with van der Waals surface area (Å²) in [5, 5.41) is 9.82. The number of morpholine rings is 1. The van der Waals surface area contributed by atoms with Gasteiger partial charge in [-0.1, -0.05) is 17.7 Å². The molecule has 1 aliphatic rings. The van der Waals surface area contributed by atoms with E-state index in [0.717, 1.165) is 25.2 Å². The fourth-order valence-electron chi connectivity index (χ4n) is 2.61. The number of ether oxygens (including phenoxy) is 1. The van der Waals surface area contributed by atoms with Gasteiger partial charge in [-0.3, -0.25) is 4.90 Å². The average molecular weight is 270 g/mol. The van der Waals surface area contributed by atoms with Crippen molar-refractivity contribution in [2.24, 2.45) is 0 Å². The number of rotatable bonds is 2. The van der Waals surface area contributed by atoms with Crippen LogP contribution in [0.5, 0.6) is 5.75 Å². The number of phenolic OH excluding ortho intramolecular Hbond substituents is 1. The Morgan fingerprint density at radius 3 is 2.83 bits per heavy atom. The monoisotopic (exact) mass is 269 g/mol. The van der Waals surface area contributed by atoms with Crippen molar-refractivity contribution in [1.82, 2.24) is 4.90 Å². The van der Waals surface area contributed by atoms with Crippen molar-refractivity contribution in [2.75, 3.05) is 13.1 Å². The van der Waals surface area contributed by atoms with Crippen LogP contribution in [0.2, 0.25) is 5.02 Å². The summed E-state index contributed by atoms with van der Waals surface area (Å²) in [5.41, 5.74) is 1.00. The number of halogens is 1. The van der Waals surface area contributed by atoms with Gasteiger partial charge in [-0.05, 0) is 38.5 Å². The van der Waals surface area contributed by atoms with Crippen LogP contribution in [0.15, 0.2) is 18.2 Å². The molecule has 0 bridgehead atoms. The van der Waals surface area contributed by atoms with Crippen LogP contribution in [-0.2, 0) is 11.3 Å². The van der Waals surface area contributed by atoms with Crippen molar-refractivity contribution >= 4 is 11.6 Å². The summed E-state index contributed by atoms with van der Waals surface area (Å²) >= 11 is 5.92. The Kier molecular flexibility index (Phi) is 3.85. The van der Waals surface area contributed by atoms with Crippen LogP contribution in [0.1, 0.15) is 26.3 Å². The zero-order valence-corrected chi connectivity index (χ0v) is 11.9. The van der Waals surface area contributed by atoms with E-state index in [-0.39, 0.29) is 17.5 Å². The lowest BCUT2D eigenvalue weighted by Gasteiger charge is -2.41. The molecule has 2 rings (SSSR count). The Morgan fingerprint density at radius 1 is 1.50 bits per heavy atom. The predicted molar refractivity (Wildman–Crippen MR) is 73.0 cm³/mol. The van der Waals surface area contributed by atoms with Crippen molar-refractivity contribution < 1.29 is 9.84 Å². The molecule has 1 aromatic rings. The molecule has 0 aliphatic carbocycles. The van der Waals surface area contributed by atoms with Gasteiger partial charge in [-0.25, -0.2) is 0 Å². The van der Waals surface area contributed by atoms with E-state index in [1.807, 2.05) is 12.1 Å². The molecule has 1 atom stereocenters. The highest BCUT2D eigenvalue weighted by molar-refractivity contribution is 6.32. The van der Waals surface area contributed by atoms with Crippen molar-refractivity contribution in [1.29, 1.82) is 0 Å². The lowest BCUT2D eigenvalue weighted by atomic mass is 10.0. The summed E-state index contributed by atoms with van der Waals surface area (Å²) in [6.45, 7) is 8.96. The summed E-state index contributed by atoms with van der Waals surface area (Å²) in [4.78, 5) is 2.36. The first-order valence-electron chi connectivity index (χ1n) is 6.23. The van der Waals surface area contributed by atoms with E-state index >= 15 is 0 Å². The minimum absolute atomic E-state index is 0.113. The Morgan fingerprint density at radius 2 is 2.22 bits per heavy atom. The molecule has 18 heavy (non-hydrogen) atoms. The zero-order chi connectivity index (χ0) is 13.3. The summed E-state index contributed by atoms with van der Waals surface area (Å²) in [5.74, 6) is 0.135. The van der Waals surface area contributed by atoms with E-state index in [2.05, 4.69) is 25.7 Å².